The Balaban J connectivity index is 1.04. The minimum Gasteiger partial charge on any atom is -0.480 e. The number of nitrogens with one attached hydrogen (secondary N) is 1. The number of amides is 1. The number of carboxylic acids is 1. The van der Waals surface area contributed by atoms with E-state index in [1.807, 2.05) is 36.4 Å². The van der Waals surface area contributed by atoms with Crippen LogP contribution in [0.15, 0.2) is 95.5 Å². The van der Waals surface area contributed by atoms with Crippen molar-refractivity contribution in [2.75, 3.05) is 6.61 Å². The lowest BCUT2D eigenvalue weighted by Crippen LogP contribution is -2.43. The number of aromatic nitrogens is 2. The van der Waals surface area contributed by atoms with Crippen LogP contribution in [0, 0.1) is 0 Å². The molecular formula is C33H33N3O5. The quantitative estimate of drug-likeness (QED) is 0.130. The molecule has 0 aliphatic heterocycles. The van der Waals surface area contributed by atoms with Crippen molar-refractivity contribution in [3.63, 3.8) is 0 Å². The van der Waals surface area contributed by atoms with Crippen molar-refractivity contribution in [1.29, 1.82) is 0 Å². The van der Waals surface area contributed by atoms with Gasteiger partial charge in [0.2, 0.25) is 5.91 Å². The van der Waals surface area contributed by atoms with E-state index in [1.54, 1.807) is 6.08 Å². The molecule has 3 aromatic carbocycles. The van der Waals surface area contributed by atoms with E-state index in [0.717, 1.165) is 43.5 Å². The van der Waals surface area contributed by atoms with Gasteiger partial charge in [0.25, 0.3) is 0 Å². The Bertz CT molecular complexity index is 1580. The summed E-state index contributed by atoms with van der Waals surface area (Å²) < 4.78 is 13.3. The summed E-state index contributed by atoms with van der Waals surface area (Å²) in [7, 11) is 0. The van der Waals surface area contributed by atoms with Gasteiger partial charge >= 0.3 is 5.97 Å². The zero-order chi connectivity index (χ0) is 28.4. The van der Waals surface area contributed by atoms with Crippen molar-refractivity contribution in [3.8, 4) is 0 Å². The van der Waals surface area contributed by atoms with Gasteiger partial charge in [-0.15, -0.1) is 0 Å². The van der Waals surface area contributed by atoms with Gasteiger partial charge in [-0.05, 0) is 43.0 Å². The van der Waals surface area contributed by atoms with Crippen LogP contribution in [0.5, 0.6) is 0 Å². The molecule has 0 spiro atoms. The summed E-state index contributed by atoms with van der Waals surface area (Å²) in [5, 5.41) is 18.6. The van der Waals surface area contributed by atoms with Gasteiger partial charge < -0.3 is 24.3 Å². The number of ether oxygens (including phenoxy) is 1. The Morgan fingerprint density at radius 2 is 1.61 bits per heavy atom. The zero-order valence-corrected chi connectivity index (χ0v) is 22.7. The number of carboxylic acid groups (broad SMARTS) is 1. The molecule has 0 fully saturated rings. The van der Waals surface area contributed by atoms with Crippen LogP contribution in [-0.2, 0) is 33.9 Å². The topological polar surface area (TPSA) is 107 Å². The highest BCUT2D eigenvalue weighted by Gasteiger charge is 2.19. The number of hydrogen-bond donors (Lipinski definition) is 2. The molecule has 0 aliphatic carbocycles. The third-order valence-corrected chi connectivity index (χ3v) is 6.97. The fraction of sp³-hybridized carbons (Fsp3) is 0.242. The average molecular weight is 552 g/mol. The Morgan fingerprint density at radius 3 is 2.32 bits per heavy atom. The Hall–Kier alpha value is -4.69. The van der Waals surface area contributed by atoms with Gasteiger partial charge in [0.1, 0.15) is 6.61 Å². The predicted octanol–water partition coefficient (Wildman–Crippen LogP) is 5.99. The molecule has 2 aromatic heterocycles. The predicted molar refractivity (Wildman–Crippen MR) is 158 cm³/mol. The summed E-state index contributed by atoms with van der Waals surface area (Å²) >= 11 is 0. The molecule has 2 N–H and O–H groups in total. The molecule has 0 saturated carbocycles. The van der Waals surface area contributed by atoms with Gasteiger partial charge in [-0.1, -0.05) is 78.3 Å². The molecule has 41 heavy (non-hydrogen) atoms. The van der Waals surface area contributed by atoms with Crippen LogP contribution < -0.4 is 5.32 Å². The van der Waals surface area contributed by atoms with Crippen LogP contribution in [0.3, 0.4) is 0 Å². The van der Waals surface area contributed by atoms with E-state index in [1.165, 1.54) is 27.9 Å². The van der Waals surface area contributed by atoms with Crippen LogP contribution >= 0.6 is 0 Å². The lowest BCUT2D eigenvalue weighted by Gasteiger charge is -2.13. The van der Waals surface area contributed by atoms with Gasteiger partial charge in [0.15, 0.2) is 11.8 Å². The Labute approximate surface area is 238 Å². The fourth-order valence-corrected chi connectivity index (χ4v) is 4.95. The van der Waals surface area contributed by atoms with Gasteiger partial charge in [0.05, 0.1) is 12.3 Å². The molecule has 8 nitrogen and oxygen atoms in total. The second-order valence-electron chi connectivity index (χ2n) is 9.94. The first-order valence-electron chi connectivity index (χ1n) is 13.8. The molecule has 0 aliphatic rings. The smallest absolute Gasteiger partial charge is 0.328 e. The number of rotatable bonds is 14. The maximum absolute atomic E-state index is 12.2. The number of hydrogen-bond acceptors (Lipinski definition) is 5. The maximum Gasteiger partial charge on any atom is 0.328 e. The standard InChI is InChI=1S/C33H33N3O5/c37-32(19-18-24-11-3-1-4-12-24)34-29(33(38)39)23-40-22-26-21-25(35-41-26)13-5-2-10-20-36-30-16-8-6-14-27(30)28-15-7-9-17-31(28)36/h1,3-4,6-9,11-12,14-19,21,29H,2,5,10,13,20,22-23H2,(H,34,37)(H,38,39)/b19-18+/t29-/m0/s1. The van der Waals surface area contributed by atoms with Crippen LogP contribution in [-0.4, -0.2) is 39.4 Å². The van der Waals surface area contributed by atoms with Gasteiger partial charge in [-0.2, -0.15) is 0 Å². The van der Waals surface area contributed by atoms with Crippen molar-refractivity contribution in [3.05, 3.63) is 108 Å². The molecule has 5 aromatic rings. The van der Waals surface area contributed by atoms with Crippen molar-refractivity contribution >= 4 is 39.8 Å². The molecule has 8 heteroatoms. The lowest BCUT2D eigenvalue weighted by molar-refractivity contribution is -0.143. The van der Waals surface area contributed by atoms with Crippen LogP contribution in [0.2, 0.25) is 0 Å². The number of fused-ring (bicyclic) bond motifs is 3. The molecular weight excluding hydrogens is 518 g/mol. The van der Waals surface area contributed by atoms with Crippen molar-refractivity contribution in [1.82, 2.24) is 15.0 Å². The fourth-order valence-electron chi connectivity index (χ4n) is 4.95. The van der Waals surface area contributed by atoms with Crippen molar-refractivity contribution < 1.29 is 24.0 Å². The van der Waals surface area contributed by atoms with Crippen molar-refractivity contribution in [2.45, 2.75) is 44.9 Å². The Morgan fingerprint density at radius 1 is 0.927 bits per heavy atom. The summed E-state index contributed by atoms with van der Waals surface area (Å²) in [5.74, 6) is -1.17. The Kier molecular flexibility index (Phi) is 9.23. The highest BCUT2D eigenvalue weighted by molar-refractivity contribution is 6.07. The van der Waals surface area contributed by atoms with E-state index in [-0.39, 0.29) is 13.2 Å². The summed E-state index contributed by atoms with van der Waals surface area (Å²) in [6, 6.07) is 27.0. The third kappa shape index (κ3) is 7.29. The summed E-state index contributed by atoms with van der Waals surface area (Å²) in [6.07, 6.45) is 6.80. The first-order chi connectivity index (χ1) is 20.1. The molecule has 5 rings (SSSR count). The second kappa shape index (κ2) is 13.6. The summed E-state index contributed by atoms with van der Waals surface area (Å²) in [6.45, 7) is 0.828. The number of carbonyl (C=O) groups excluding carboxylic acids is 1. The van der Waals surface area contributed by atoms with Gasteiger partial charge in [0, 0.05) is 40.5 Å². The molecule has 0 radical (unpaired) electrons. The normalized spacial score (nSPS) is 12.3. The van der Waals surface area contributed by atoms with E-state index < -0.39 is 17.9 Å². The number of unbranched alkanes of at least 4 members (excludes halogenated alkanes) is 2. The number of carbonyl (C=O) groups is 2. The summed E-state index contributed by atoms with van der Waals surface area (Å²) in [4.78, 5) is 23.7. The molecule has 210 valence electrons. The van der Waals surface area contributed by atoms with E-state index in [2.05, 4.69) is 63.6 Å². The lowest BCUT2D eigenvalue weighted by atomic mass is 10.1. The number of aliphatic carboxylic acids is 1. The molecule has 0 unspecified atom stereocenters. The number of benzene rings is 3. The van der Waals surface area contributed by atoms with Crippen molar-refractivity contribution in [2.24, 2.45) is 0 Å². The van der Waals surface area contributed by atoms with Gasteiger partial charge in [-0.25, -0.2) is 4.79 Å². The summed E-state index contributed by atoms with van der Waals surface area (Å²) in [5.41, 5.74) is 4.22. The van der Waals surface area contributed by atoms with E-state index in [9.17, 15) is 14.7 Å². The highest BCUT2D eigenvalue weighted by Crippen LogP contribution is 2.29. The maximum atomic E-state index is 12.2. The largest absolute Gasteiger partial charge is 0.480 e. The zero-order valence-electron chi connectivity index (χ0n) is 22.7. The molecule has 0 bridgehead atoms. The third-order valence-electron chi connectivity index (χ3n) is 6.97. The number of aryl methyl sites for hydroxylation is 2. The average Bonchev–Trinajstić information content (AvgIpc) is 3.58. The molecule has 1 atom stereocenters. The van der Waals surface area contributed by atoms with E-state index in [0.29, 0.717) is 5.76 Å². The number of para-hydroxylation sites is 2. The minimum absolute atomic E-state index is 0.0697. The minimum atomic E-state index is -1.18. The van der Waals surface area contributed by atoms with Crippen LogP contribution in [0.4, 0.5) is 0 Å². The van der Waals surface area contributed by atoms with Gasteiger partial charge in [-0.3, -0.25) is 4.79 Å². The van der Waals surface area contributed by atoms with E-state index >= 15 is 0 Å². The van der Waals surface area contributed by atoms with Crippen LogP contribution in [0.25, 0.3) is 27.9 Å². The number of nitrogens with zero attached hydrogens (tertiary/aromatic N) is 2. The van der Waals surface area contributed by atoms with E-state index in [4.69, 9.17) is 9.26 Å². The first kappa shape index (κ1) is 27.9. The van der Waals surface area contributed by atoms with Crippen LogP contribution in [0.1, 0.15) is 36.3 Å². The monoisotopic (exact) mass is 551 g/mol. The SMILES string of the molecule is O=C(/C=C/c1ccccc1)N[C@@H](COCc1cc(CCCCCn2c3ccccc3c3ccccc32)no1)C(=O)O. The highest BCUT2D eigenvalue weighted by atomic mass is 16.5. The molecule has 0 saturated heterocycles. The second-order valence-corrected chi connectivity index (χ2v) is 9.94. The first-order valence-corrected chi connectivity index (χ1v) is 13.8. The molecule has 2 heterocycles. The molecule has 1 amide bonds.